The Morgan fingerprint density at radius 2 is 1.76 bits per heavy atom. The summed E-state index contributed by atoms with van der Waals surface area (Å²) in [6, 6.07) is 12.1. The highest BCUT2D eigenvalue weighted by atomic mass is 35.5. The summed E-state index contributed by atoms with van der Waals surface area (Å²) in [5.41, 5.74) is 2.14. The Balaban J connectivity index is 1.92. The molecular weight excluding hydrogens is 342 g/mol. The summed E-state index contributed by atoms with van der Waals surface area (Å²) in [5, 5.41) is 18.2. The second-order valence-electron chi connectivity index (χ2n) is 5.62. The van der Waals surface area contributed by atoms with Gasteiger partial charge in [-0.1, -0.05) is 23.7 Å². The third-order valence-corrected chi connectivity index (χ3v) is 4.09. The summed E-state index contributed by atoms with van der Waals surface area (Å²) in [4.78, 5) is 24.6. The van der Waals surface area contributed by atoms with Gasteiger partial charge in [0, 0.05) is 16.4 Å². The zero-order valence-corrected chi connectivity index (χ0v) is 14.1. The first-order valence-electron chi connectivity index (χ1n) is 7.58. The van der Waals surface area contributed by atoms with Crippen molar-refractivity contribution in [2.45, 2.75) is 13.0 Å². The van der Waals surface area contributed by atoms with Crippen molar-refractivity contribution in [2.24, 2.45) is 0 Å². The molecule has 128 valence electrons. The number of amides is 3. The molecule has 2 aromatic rings. The summed E-state index contributed by atoms with van der Waals surface area (Å²) in [5.74, 6) is -0.234. The number of anilines is 1. The van der Waals surface area contributed by atoms with Crippen molar-refractivity contribution in [3.05, 3.63) is 70.4 Å². The van der Waals surface area contributed by atoms with Gasteiger partial charge in [0.1, 0.15) is 5.75 Å². The second kappa shape index (κ2) is 6.86. The van der Waals surface area contributed by atoms with Gasteiger partial charge < -0.3 is 21.1 Å². The number of rotatable bonds is 3. The fourth-order valence-electron chi connectivity index (χ4n) is 2.64. The van der Waals surface area contributed by atoms with Crippen molar-refractivity contribution < 1.29 is 14.7 Å². The van der Waals surface area contributed by atoms with Crippen molar-refractivity contribution >= 4 is 29.2 Å². The standard InChI is InChI=1S/C18H16ClN3O3/c1-10-15(17(24)21-13-6-4-12(19)5-7-13)16(22-18(25)20-10)11-2-8-14(23)9-3-11/h2-9,16,23H,1H3,(H,21,24)(H2,20,22,25)/t16-/m0/s1. The lowest BCUT2D eigenvalue weighted by Gasteiger charge is -2.28. The van der Waals surface area contributed by atoms with E-state index in [1.54, 1.807) is 43.3 Å². The number of halogens is 1. The van der Waals surface area contributed by atoms with Crippen LogP contribution in [-0.2, 0) is 4.79 Å². The predicted molar refractivity (Wildman–Crippen MR) is 95.3 cm³/mol. The van der Waals surface area contributed by atoms with Gasteiger partial charge in [0.05, 0.1) is 11.6 Å². The average Bonchev–Trinajstić information content (AvgIpc) is 2.57. The van der Waals surface area contributed by atoms with E-state index in [1.165, 1.54) is 12.1 Å². The lowest BCUT2D eigenvalue weighted by Crippen LogP contribution is -2.45. The number of allylic oxidation sites excluding steroid dienone is 1. The molecule has 4 N–H and O–H groups in total. The lowest BCUT2D eigenvalue weighted by atomic mass is 9.94. The van der Waals surface area contributed by atoms with Crippen LogP contribution in [0.15, 0.2) is 59.8 Å². The number of phenols is 1. The maximum absolute atomic E-state index is 12.8. The van der Waals surface area contributed by atoms with Gasteiger partial charge in [-0.15, -0.1) is 0 Å². The molecule has 7 heteroatoms. The monoisotopic (exact) mass is 357 g/mol. The zero-order chi connectivity index (χ0) is 18.0. The second-order valence-corrected chi connectivity index (χ2v) is 6.06. The Morgan fingerprint density at radius 1 is 1.12 bits per heavy atom. The molecule has 1 aliphatic rings. The van der Waals surface area contributed by atoms with Gasteiger partial charge in [-0.3, -0.25) is 4.79 Å². The normalized spacial score (nSPS) is 16.9. The van der Waals surface area contributed by atoms with Crippen LogP contribution in [0.5, 0.6) is 5.75 Å². The van der Waals surface area contributed by atoms with Crippen LogP contribution in [0.25, 0.3) is 0 Å². The van der Waals surface area contributed by atoms with Crippen LogP contribution in [0.3, 0.4) is 0 Å². The van der Waals surface area contributed by atoms with E-state index >= 15 is 0 Å². The first kappa shape index (κ1) is 16.9. The van der Waals surface area contributed by atoms with Crippen LogP contribution < -0.4 is 16.0 Å². The number of hydrogen-bond donors (Lipinski definition) is 4. The number of nitrogens with one attached hydrogen (secondary N) is 3. The van der Waals surface area contributed by atoms with E-state index in [4.69, 9.17) is 11.6 Å². The SMILES string of the molecule is CC1=C(C(=O)Nc2ccc(Cl)cc2)[C@H](c2ccc(O)cc2)NC(=O)N1. The maximum Gasteiger partial charge on any atom is 0.319 e. The third-order valence-electron chi connectivity index (χ3n) is 3.84. The summed E-state index contributed by atoms with van der Waals surface area (Å²) in [6.07, 6.45) is 0. The highest BCUT2D eigenvalue weighted by Gasteiger charge is 2.31. The predicted octanol–water partition coefficient (Wildman–Crippen LogP) is 3.31. The van der Waals surface area contributed by atoms with Gasteiger partial charge in [0.2, 0.25) is 0 Å². The van der Waals surface area contributed by atoms with Gasteiger partial charge in [0.25, 0.3) is 5.91 Å². The first-order valence-corrected chi connectivity index (χ1v) is 7.96. The molecular formula is C18H16ClN3O3. The van der Waals surface area contributed by atoms with Gasteiger partial charge >= 0.3 is 6.03 Å². The van der Waals surface area contributed by atoms with E-state index in [2.05, 4.69) is 16.0 Å². The number of aromatic hydroxyl groups is 1. The summed E-state index contributed by atoms with van der Waals surface area (Å²) < 4.78 is 0. The average molecular weight is 358 g/mol. The number of phenolic OH excluding ortho intramolecular Hbond substituents is 1. The summed E-state index contributed by atoms with van der Waals surface area (Å²) in [6.45, 7) is 1.67. The highest BCUT2D eigenvalue weighted by molar-refractivity contribution is 6.30. The molecule has 0 fully saturated rings. The third kappa shape index (κ3) is 3.75. The van der Waals surface area contributed by atoms with Gasteiger partial charge in [-0.25, -0.2) is 4.79 Å². The number of benzene rings is 2. The van der Waals surface area contributed by atoms with Crippen molar-refractivity contribution in [3.8, 4) is 5.75 Å². The molecule has 1 atom stereocenters. The molecule has 3 amide bonds. The quantitative estimate of drug-likeness (QED) is 0.679. The molecule has 0 aromatic heterocycles. The van der Waals surface area contributed by atoms with E-state index in [-0.39, 0.29) is 11.7 Å². The van der Waals surface area contributed by atoms with E-state index < -0.39 is 12.1 Å². The first-order chi connectivity index (χ1) is 11.9. The van der Waals surface area contributed by atoms with E-state index in [1.807, 2.05) is 0 Å². The lowest BCUT2D eigenvalue weighted by molar-refractivity contribution is -0.113. The van der Waals surface area contributed by atoms with Crippen LogP contribution >= 0.6 is 11.6 Å². The molecule has 3 rings (SSSR count). The van der Waals surface area contributed by atoms with Crippen LogP contribution in [0.2, 0.25) is 5.02 Å². The Kier molecular flexibility index (Phi) is 4.63. The Bertz CT molecular complexity index is 845. The van der Waals surface area contributed by atoms with Gasteiger partial charge in [-0.2, -0.15) is 0 Å². The summed E-state index contributed by atoms with van der Waals surface area (Å²) >= 11 is 5.85. The molecule has 0 bridgehead atoms. The number of hydrogen-bond acceptors (Lipinski definition) is 3. The Hall–Kier alpha value is -2.99. The minimum absolute atomic E-state index is 0.108. The van der Waals surface area contributed by atoms with Crippen LogP contribution in [-0.4, -0.2) is 17.0 Å². The molecule has 1 aliphatic heterocycles. The van der Waals surface area contributed by atoms with Crippen molar-refractivity contribution in [1.82, 2.24) is 10.6 Å². The van der Waals surface area contributed by atoms with Crippen LogP contribution in [0.1, 0.15) is 18.5 Å². The van der Waals surface area contributed by atoms with Crippen molar-refractivity contribution in [3.63, 3.8) is 0 Å². The van der Waals surface area contributed by atoms with E-state index in [0.717, 1.165) is 0 Å². The van der Waals surface area contributed by atoms with E-state index in [9.17, 15) is 14.7 Å². The van der Waals surface area contributed by atoms with Gasteiger partial charge in [-0.05, 0) is 48.9 Å². The Labute approximate surface area is 149 Å². The smallest absolute Gasteiger partial charge is 0.319 e. The number of carbonyl (C=O) groups is 2. The summed E-state index contributed by atoms with van der Waals surface area (Å²) in [7, 11) is 0. The fourth-order valence-corrected chi connectivity index (χ4v) is 2.77. The molecule has 0 unspecified atom stereocenters. The van der Waals surface area contributed by atoms with Crippen molar-refractivity contribution in [1.29, 1.82) is 0 Å². The molecule has 0 saturated carbocycles. The van der Waals surface area contributed by atoms with Gasteiger partial charge in [0.15, 0.2) is 0 Å². The minimum atomic E-state index is -0.623. The van der Waals surface area contributed by atoms with E-state index in [0.29, 0.717) is 27.5 Å². The molecule has 25 heavy (non-hydrogen) atoms. The fraction of sp³-hybridized carbons (Fsp3) is 0.111. The molecule has 0 spiro atoms. The maximum atomic E-state index is 12.8. The highest BCUT2D eigenvalue weighted by Crippen LogP contribution is 2.28. The number of carbonyl (C=O) groups excluding carboxylic acids is 2. The molecule has 0 radical (unpaired) electrons. The van der Waals surface area contributed by atoms with Crippen LogP contribution in [0.4, 0.5) is 10.5 Å². The molecule has 6 nitrogen and oxygen atoms in total. The largest absolute Gasteiger partial charge is 0.508 e. The molecule has 0 aliphatic carbocycles. The topological polar surface area (TPSA) is 90.5 Å². The molecule has 2 aromatic carbocycles. The molecule has 0 saturated heterocycles. The van der Waals surface area contributed by atoms with Crippen LogP contribution in [0, 0.1) is 0 Å². The Morgan fingerprint density at radius 3 is 2.40 bits per heavy atom. The number of urea groups is 1. The zero-order valence-electron chi connectivity index (χ0n) is 13.3. The van der Waals surface area contributed by atoms with Crippen molar-refractivity contribution in [2.75, 3.05) is 5.32 Å². The minimum Gasteiger partial charge on any atom is -0.508 e. The molecule has 1 heterocycles.